The van der Waals surface area contributed by atoms with Crippen molar-refractivity contribution in [1.29, 1.82) is 0 Å². The number of hydrogen-bond donors (Lipinski definition) is 1. The second kappa shape index (κ2) is 8.62. The van der Waals surface area contributed by atoms with Gasteiger partial charge in [0.25, 0.3) is 5.69 Å². The Balaban J connectivity index is 1.77. The van der Waals surface area contributed by atoms with Crippen LogP contribution in [-0.2, 0) is 16.1 Å². The molecule has 0 saturated carbocycles. The average molecular weight is 372 g/mol. The molecule has 1 saturated heterocycles. The summed E-state index contributed by atoms with van der Waals surface area (Å²) in [7, 11) is 0. The first-order valence-electron chi connectivity index (χ1n) is 7.01. The lowest BCUT2D eigenvalue weighted by molar-refractivity contribution is -0.384. The Labute approximate surface area is 149 Å². The highest BCUT2D eigenvalue weighted by Gasteiger charge is 2.26. The Morgan fingerprint density at radius 2 is 2.00 bits per heavy atom. The minimum Gasteiger partial charge on any atom is -0.461 e. The van der Waals surface area contributed by atoms with E-state index in [0.717, 1.165) is 31.5 Å². The van der Waals surface area contributed by atoms with E-state index in [9.17, 15) is 14.9 Å². The predicted molar refractivity (Wildman–Crippen MR) is 96.4 cm³/mol. The zero-order valence-corrected chi connectivity index (χ0v) is 14.7. The van der Waals surface area contributed by atoms with Crippen molar-refractivity contribution in [2.24, 2.45) is 5.92 Å². The molecule has 124 valence electrons. The Hall–Kier alpha value is -1.16. The van der Waals surface area contributed by atoms with Crippen molar-refractivity contribution in [2.75, 3.05) is 13.1 Å². The highest BCUT2D eigenvalue weighted by atomic mass is 32.2. The zero-order chi connectivity index (χ0) is 16.8. The number of ether oxygens (including phenoxy) is 1. The fraction of sp³-hybridized carbons (Fsp3) is 0.429. The molecule has 1 aromatic rings. The van der Waals surface area contributed by atoms with E-state index in [4.69, 9.17) is 17.0 Å². The highest BCUT2D eigenvalue weighted by Crippen LogP contribution is 2.25. The van der Waals surface area contributed by atoms with E-state index >= 15 is 0 Å². The molecule has 0 amide bonds. The highest BCUT2D eigenvalue weighted by molar-refractivity contribution is 8.40. The summed E-state index contributed by atoms with van der Waals surface area (Å²) in [5.74, 6) is -0.333. The summed E-state index contributed by atoms with van der Waals surface area (Å²) in [6.07, 6.45) is 1.45. The lowest BCUT2D eigenvalue weighted by atomic mass is 9.98. The molecule has 0 atom stereocenters. The number of thiol groups is 1. The Bertz CT molecular complexity index is 586. The third-order valence-electron chi connectivity index (χ3n) is 3.52. The van der Waals surface area contributed by atoms with Crippen LogP contribution in [0.25, 0.3) is 0 Å². The molecular formula is C14H16N2O4S3. The van der Waals surface area contributed by atoms with Gasteiger partial charge in [-0.05, 0) is 42.5 Å². The minimum atomic E-state index is -0.460. The van der Waals surface area contributed by atoms with Crippen molar-refractivity contribution in [2.45, 2.75) is 19.4 Å². The average Bonchev–Trinajstić information content (AvgIpc) is 2.53. The van der Waals surface area contributed by atoms with E-state index in [1.54, 1.807) is 12.1 Å². The molecule has 0 aliphatic carbocycles. The van der Waals surface area contributed by atoms with Gasteiger partial charge >= 0.3 is 5.97 Å². The Morgan fingerprint density at radius 1 is 1.39 bits per heavy atom. The van der Waals surface area contributed by atoms with Crippen LogP contribution in [-0.4, -0.2) is 31.8 Å². The van der Waals surface area contributed by atoms with Crippen LogP contribution in [0.5, 0.6) is 0 Å². The number of nitro benzene ring substituents is 1. The van der Waals surface area contributed by atoms with Crippen LogP contribution >= 0.6 is 36.8 Å². The van der Waals surface area contributed by atoms with E-state index < -0.39 is 4.92 Å². The topological polar surface area (TPSA) is 72.7 Å². The standard InChI is InChI=1S/C14H16N2O4S3/c17-13(11-5-7-15(8-6-11)23-14(21)22)20-9-10-1-3-12(4-2-10)16(18)19/h1-4,11H,5-9H2,(H,21,22). The molecule has 0 aromatic heterocycles. The number of benzene rings is 1. The van der Waals surface area contributed by atoms with Gasteiger partial charge in [-0.15, -0.1) is 12.6 Å². The molecule has 0 radical (unpaired) electrons. The molecule has 1 fully saturated rings. The number of non-ortho nitro benzene ring substituents is 1. The van der Waals surface area contributed by atoms with Crippen molar-refractivity contribution in [3.8, 4) is 0 Å². The third-order valence-corrected chi connectivity index (χ3v) is 4.77. The fourth-order valence-corrected chi connectivity index (χ4v) is 3.56. The summed E-state index contributed by atoms with van der Waals surface area (Å²) in [6, 6.07) is 6.00. The van der Waals surface area contributed by atoms with E-state index in [1.165, 1.54) is 24.1 Å². The van der Waals surface area contributed by atoms with Gasteiger partial charge in [-0.3, -0.25) is 14.9 Å². The summed E-state index contributed by atoms with van der Waals surface area (Å²) < 4.78 is 7.98. The zero-order valence-electron chi connectivity index (χ0n) is 12.2. The van der Waals surface area contributed by atoms with Gasteiger partial charge in [-0.2, -0.15) is 0 Å². The summed E-state index contributed by atoms with van der Waals surface area (Å²) in [5.41, 5.74) is 0.754. The van der Waals surface area contributed by atoms with Crippen LogP contribution < -0.4 is 0 Å². The van der Waals surface area contributed by atoms with Gasteiger partial charge in [0.2, 0.25) is 0 Å². The van der Waals surface area contributed by atoms with Gasteiger partial charge in [0.15, 0.2) is 0 Å². The second-order valence-electron chi connectivity index (χ2n) is 5.09. The maximum Gasteiger partial charge on any atom is 0.309 e. The molecule has 0 unspecified atom stereocenters. The monoisotopic (exact) mass is 372 g/mol. The number of hydrogen-bond acceptors (Lipinski definition) is 7. The minimum absolute atomic E-state index is 0.0204. The van der Waals surface area contributed by atoms with E-state index in [-0.39, 0.29) is 24.2 Å². The number of rotatable bonds is 5. The van der Waals surface area contributed by atoms with Crippen LogP contribution in [0.15, 0.2) is 24.3 Å². The fourth-order valence-electron chi connectivity index (χ4n) is 2.28. The van der Waals surface area contributed by atoms with Gasteiger partial charge in [-0.1, -0.05) is 12.2 Å². The first-order valence-corrected chi connectivity index (χ1v) is 8.64. The molecule has 0 N–H and O–H groups in total. The molecule has 2 rings (SSSR count). The molecule has 1 aromatic carbocycles. The summed E-state index contributed by atoms with van der Waals surface area (Å²) in [6.45, 7) is 1.66. The Morgan fingerprint density at radius 3 is 2.52 bits per heavy atom. The third kappa shape index (κ3) is 5.76. The van der Waals surface area contributed by atoms with Gasteiger partial charge < -0.3 is 4.74 Å². The summed E-state index contributed by atoms with van der Waals surface area (Å²) >= 11 is 10.4. The summed E-state index contributed by atoms with van der Waals surface area (Å²) in [4.78, 5) is 22.2. The molecule has 1 aliphatic rings. The lowest BCUT2D eigenvalue weighted by Gasteiger charge is -2.29. The van der Waals surface area contributed by atoms with E-state index in [1.807, 2.05) is 0 Å². The summed E-state index contributed by atoms with van der Waals surface area (Å²) in [5, 5.41) is 10.6. The van der Waals surface area contributed by atoms with Crippen LogP contribution in [0.3, 0.4) is 0 Å². The second-order valence-corrected chi connectivity index (χ2v) is 7.92. The maximum absolute atomic E-state index is 12.1. The number of esters is 1. The first-order chi connectivity index (χ1) is 11.0. The Kier molecular flexibility index (Phi) is 6.82. The number of thiocarbonyl (C=S) groups is 1. The van der Waals surface area contributed by atoms with Crippen molar-refractivity contribution in [1.82, 2.24) is 4.31 Å². The van der Waals surface area contributed by atoms with Gasteiger partial charge in [0, 0.05) is 25.2 Å². The molecule has 0 bridgehead atoms. The number of nitrogens with zero attached hydrogens (tertiary/aromatic N) is 2. The van der Waals surface area contributed by atoms with Gasteiger partial charge in [-0.25, -0.2) is 4.31 Å². The number of carbonyl (C=O) groups excluding carboxylic acids is 1. The lowest BCUT2D eigenvalue weighted by Crippen LogP contribution is -2.33. The van der Waals surface area contributed by atoms with Gasteiger partial charge in [0.05, 0.1) is 10.8 Å². The molecule has 0 spiro atoms. The quantitative estimate of drug-likeness (QED) is 0.212. The van der Waals surface area contributed by atoms with Crippen molar-refractivity contribution in [3.05, 3.63) is 39.9 Å². The molecule has 6 nitrogen and oxygen atoms in total. The number of piperidine rings is 1. The first kappa shape index (κ1) is 18.2. The smallest absolute Gasteiger partial charge is 0.309 e. The number of carbonyl (C=O) groups is 1. The van der Waals surface area contributed by atoms with Crippen LogP contribution in [0, 0.1) is 16.0 Å². The molecule has 1 aliphatic heterocycles. The SMILES string of the molecule is O=C(OCc1ccc([N+](=O)[O-])cc1)C1CCN(SC(=S)S)CC1. The van der Waals surface area contributed by atoms with Crippen molar-refractivity contribution in [3.63, 3.8) is 0 Å². The molecular weight excluding hydrogens is 356 g/mol. The van der Waals surface area contributed by atoms with Crippen molar-refractivity contribution < 1.29 is 14.5 Å². The van der Waals surface area contributed by atoms with E-state index in [2.05, 4.69) is 16.9 Å². The van der Waals surface area contributed by atoms with Crippen LogP contribution in [0.2, 0.25) is 0 Å². The van der Waals surface area contributed by atoms with Crippen LogP contribution in [0.1, 0.15) is 18.4 Å². The van der Waals surface area contributed by atoms with Crippen LogP contribution in [0.4, 0.5) is 5.69 Å². The largest absolute Gasteiger partial charge is 0.461 e. The normalized spacial score (nSPS) is 16.0. The number of nitro groups is 1. The molecule has 1 heterocycles. The molecule has 9 heteroatoms. The predicted octanol–water partition coefficient (Wildman–Crippen LogP) is 3.21. The molecule has 23 heavy (non-hydrogen) atoms. The van der Waals surface area contributed by atoms with E-state index in [0.29, 0.717) is 3.53 Å². The van der Waals surface area contributed by atoms with Crippen molar-refractivity contribution >= 4 is 52.0 Å². The maximum atomic E-state index is 12.1. The van der Waals surface area contributed by atoms with Gasteiger partial charge in [0.1, 0.15) is 10.1 Å².